The van der Waals surface area contributed by atoms with Gasteiger partial charge < -0.3 is 9.64 Å². The number of hydrogen-bond donors (Lipinski definition) is 0. The Morgan fingerprint density at radius 2 is 1.89 bits per heavy atom. The van der Waals surface area contributed by atoms with Crippen molar-refractivity contribution in [1.29, 1.82) is 0 Å². The molecular weight excluding hydrogens is 470 g/mol. The maximum absolute atomic E-state index is 13.9. The predicted molar refractivity (Wildman–Crippen MR) is 125 cm³/mol. The van der Waals surface area contributed by atoms with Crippen molar-refractivity contribution >= 4 is 11.9 Å². The van der Waals surface area contributed by atoms with Crippen molar-refractivity contribution in [3.63, 3.8) is 0 Å². The molecule has 0 N–H and O–H groups in total. The molecule has 1 saturated heterocycles. The average Bonchev–Trinajstić information content (AvgIpc) is 3.48. The van der Waals surface area contributed by atoms with Gasteiger partial charge in [-0.2, -0.15) is 0 Å². The van der Waals surface area contributed by atoms with Crippen molar-refractivity contribution in [3.05, 3.63) is 71.0 Å². The van der Waals surface area contributed by atoms with E-state index in [2.05, 4.69) is 15.5 Å². The molecule has 36 heavy (non-hydrogen) atoms. The van der Waals surface area contributed by atoms with Crippen LogP contribution in [0.25, 0.3) is 5.69 Å². The number of fused-ring (bicyclic) bond motifs is 1. The predicted octanol–water partition coefficient (Wildman–Crippen LogP) is 2.29. The van der Waals surface area contributed by atoms with E-state index in [1.54, 1.807) is 15.9 Å². The molecule has 2 aliphatic heterocycles. The number of rotatable bonds is 7. The number of nitrogens with zero attached hydrogens (tertiary/aromatic N) is 6. The molecule has 1 fully saturated rings. The van der Waals surface area contributed by atoms with Crippen LogP contribution in [0.4, 0.5) is 8.78 Å². The van der Waals surface area contributed by atoms with E-state index in [9.17, 15) is 18.4 Å². The number of halogens is 2. The zero-order valence-corrected chi connectivity index (χ0v) is 19.6. The van der Waals surface area contributed by atoms with Crippen LogP contribution < -0.4 is 0 Å². The standard InChI is InChI=1S/C25H26F2N6O3/c26-24(27)22-8-10-32(23(34)14-17-1-4-20(5-2-17)33-16-28-29-30-33)12-11-31(22)9-7-18-3-6-21-19(13-18)15-36-25(21)35/h1-6,13,16,22,24H,7-12,14-15H2. The molecule has 1 atom stereocenters. The maximum atomic E-state index is 13.9. The first-order chi connectivity index (χ1) is 17.5. The number of carbonyl (C=O) groups excluding carboxylic acids is 2. The first kappa shape index (κ1) is 24.0. The summed E-state index contributed by atoms with van der Waals surface area (Å²) in [5, 5.41) is 11.1. The van der Waals surface area contributed by atoms with E-state index in [0.29, 0.717) is 38.2 Å². The topological polar surface area (TPSA) is 93.5 Å². The monoisotopic (exact) mass is 496 g/mol. The van der Waals surface area contributed by atoms with Gasteiger partial charge in [-0.25, -0.2) is 18.3 Å². The Morgan fingerprint density at radius 3 is 2.64 bits per heavy atom. The lowest BCUT2D eigenvalue weighted by Gasteiger charge is -2.28. The van der Waals surface area contributed by atoms with Crippen LogP contribution in [0, 0.1) is 0 Å². The number of cyclic esters (lactones) is 1. The first-order valence-electron chi connectivity index (χ1n) is 11.9. The highest BCUT2D eigenvalue weighted by molar-refractivity contribution is 5.93. The SMILES string of the molecule is O=C1OCc2cc(CCN3CCN(C(=O)Cc4ccc(-n5cnnn5)cc4)CCC3C(F)F)ccc21. The molecular formula is C25H26F2N6O3. The number of alkyl halides is 2. The van der Waals surface area contributed by atoms with E-state index in [1.807, 2.05) is 36.4 Å². The quantitative estimate of drug-likeness (QED) is 0.464. The Balaban J connectivity index is 1.19. The van der Waals surface area contributed by atoms with Gasteiger partial charge >= 0.3 is 5.97 Å². The minimum Gasteiger partial charge on any atom is -0.457 e. The molecule has 0 saturated carbocycles. The summed E-state index contributed by atoms with van der Waals surface area (Å²) in [5.41, 5.74) is 3.99. The summed E-state index contributed by atoms with van der Waals surface area (Å²) < 4.78 is 34.4. The van der Waals surface area contributed by atoms with Crippen LogP contribution in [0.15, 0.2) is 48.8 Å². The van der Waals surface area contributed by atoms with Crippen LogP contribution in [-0.2, 0) is 29.0 Å². The summed E-state index contributed by atoms with van der Waals surface area (Å²) >= 11 is 0. The Bertz CT molecular complexity index is 1220. The minimum absolute atomic E-state index is 0.0803. The van der Waals surface area contributed by atoms with Crippen LogP contribution in [0.2, 0.25) is 0 Å². The van der Waals surface area contributed by atoms with Gasteiger partial charge in [-0.05, 0) is 52.6 Å². The molecule has 0 bridgehead atoms. The molecule has 11 heteroatoms. The van der Waals surface area contributed by atoms with Crippen molar-refractivity contribution in [2.24, 2.45) is 0 Å². The molecule has 0 spiro atoms. The first-order valence-corrected chi connectivity index (χ1v) is 11.9. The van der Waals surface area contributed by atoms with E-state index in [-0.39, 0.29) is 31.3 Å². The fraction of sp³-hybridized carbons (Fsp3) is 0.400. The van der Waals surface area contributed by atoms with Gasteiger partial charge in [0.1, 0.15) is 12.9 Å². The zero-order valence-electron chi connectivity index (χ0n) is 19.6. The second-order valence-electron chi connectivity index (χ2n) is 9.02. The fourth-order valence-electron chi connectivity index (χ4n) is 4.76. The number of aromatic nitrogens is 4. The number of hydrogen-bond acceptors (Lipinski definition) is 7. The van der Waals surface area contributed by atoms with Crippen LogP contribution in [0.5, 0.6) is 0 Å². The van der Waals surface area contributed by atoms with Crippen LogP contribution >= 0.6 is 0 Å². The van der Waals surface area contributed by atoms with Gasteiger partial charge in [0.2, 0.25) is 5.91 Å². The normalized spacial score (nSPS) is 18.2. The van der Waals surface area contributed by atoms with Gasteiger partial charge in [-0.3, -0.25) is 9.69 Å². The Hall–Kier alpha value is -3.73. The third kappa shape index (κ3) is 5.25. The summed E-state index contributed by atoms with van der Waals surface area (Å²) in [5.74, 6) is -0.404. The largest absolute Gasteiger partial charge is 0.457 e. The second kappa shape index (κ2) is 10.5. The molecule has 3 heterocycles. The molecule has 2 aliphatic rings. The summed E-state index contributed by atoms with van der Waals surface area (Å²) in [6, 6.07) is 11.9. The highest BCUT2D eigenvalue weighted by Crippen LogP contribution is 2.23. The van der Waals surface area contributed by atoms with Crippen LogP contribution in [0.1, 0.15) is 33.5 Å². The summed E-state index contributed by atoms with van der Waals surface area (Å²) in [6.07, 6.45) is -0.0154. The molecule has 188 valence electrons. The van der Waals surface area contributed by atoms with Crippen molar-refractivity contribution in [2.45, 2.75) is 38.3 Å². The third-order valence-electron chi connectivity index (χ3n) is 6.81. The molecule has 0 aliphatic carbocycles. The number of esters is 1. The van der Waals surface area contributed by atoms with Gasteiger partial charge in [0.15, 0.2) is 0 Å². The summed E-state index contributed by atoms with van der Waals surface area (Å²) in [6.45, 7) is 1.78. The Labute approximate surface area is 206 Å². The van der Waals surface area contributed by atoms with Gasteiger partial charge in [0.25, 0.3) is 6.43 Å². The minimum atomic E-state index is -2.50. The van der Waals surface area contributed by atoms with Gasteiger partial charge in [-0.15, -0.1) is 5.10 Å². The molecule has 0 radical (unpaired) electrons. The number of amides is 1. The van der Waals surface area contributed by atoms with E-state index in [4.69, 9.17) is 4.74 Å². The average molecular weight is 497 g/mol. The van der Waals surface area contributed by atoms with Gasteiger partial charge in [0.05, 0.1) is 23.7 Å². The number of ether oxygens (including phenoxy) is 1. The van der Waals surface area contributed by atoms with E-state index in [0.717, 1.165) is 22.4 Å². The Morgan fingerprint density at radius 1 is 1.08 bits per heavy atom. The lowest BCUT2D eigenvalue weighted by molar-refractivity contribution is -0.130. The number of tetrazole rings is 1. The van der Waals surface area contributed by atoms with Crippen LogP contribution in [-0.4, -0.2) is 80.5 Å². The van der Waals surface area contributed by atoms with E-state index < -0.39 is 12.5 Å². The highest BCUT2D eigenvalue weighted by Gasteiger charge is 2.32. The smallest absolute Gasteiger partial charge is 0.338 e. The van der Waals surface area contributed by atoms with Crippen molar-refractivity contribution in [3.8, 4) is 5.69 Å². The highest BCUT2D eigenvalue weighted by atomic mass is 19.3. The molecule has 3 aromatic rings. The lowest BCUT2D eigenvalue weighted by atomic mass is 10.0. The zero-order chi connectivity index (χ0) is 25.1. The fourth-order valence-corrected chi connectivity index (χ4v) is 4.76. The van der Waals surface area contributed by atoms with Gasteiger partial charge in [-0.1, -0.05) is 24.3 Å². The molecule has 2 aromatic carbocycles. The third-order valence-corrected chi connectivity index (χ3v) is 6.81. The molecule has 9 nitrogen and oxygen atoms in total. The Kier molecular flexibility index (Phi) is 6.99. The molecule has 1 aromatic heterocycles. The van der Waals surface area contributed by atoms with E-state index >= 15 is 0 Å². The maximum Gasteiger partial charge on any atom is 0.338 e. The second-order valence-corrected chi connectivity index (χ2v) is 9.02. The molecule has 5 rings (SSSR count). The number of carbonyl (C=O) groups is 2. The van der Waals surface area contributed by atoms with Crippen LogP contribution in [0.3, 0.4) is 0 Å². The molecule has 1 unspecified atom stereocenters. The molecule has 1 amide bonds. The number of benzene rings is 2. The summed E-state index contributed by atoms with van der Waals surface area (Å²) in [7, 11) is 0. The lowest BCUT2D eigenvalue weighted by Crippen LogP contribution is -2.42. The van der Waals surface area contributed by atoms with Crippen molar-refractivity contribution in [1.82, 2.24) is 30.0 Å². The van der Waals surface area contributed by atoms with Crippen molar-refractivity contribution in [2.75, 3.05) is 26.2 Å². The summed E-state index contributed by atoms with van der Waals surface area (Å²) in [4.78, 5) is 28.1. The van der Waals surface area contributed by atoms with Crippen molar-refractivity contribution < 1.29 is 23.1 Å². The van der Waals surface area contributed by atoms with Gasteiger partial charge in [0, 0.05) is 31.7 Å². The van der Waals surface area contributed by atoms with E-state index in [1.165, 1.54) is 11.0 Å².